The molecule has 1 amide bonds. The van der Waals surface area contributed by atoms with Crippen LogP contribution in [0.25, 0.3) is 0 Å². The molecule has 2 aliphatic rings. The van der Waals surface area contributed by atoms with Gasteiger partial charge in [0.15, 0.2) is 0 Å². The van der Waals surface area contributed by atoms with Crippen molar-refractivity contribution in [3.05, 3.63) is 0 Å². The summed E-state index contributed by atoms with van der Waals surface area (Å²) in [7, 11) is 3.58. The fourth-order valence-corrected chi connectivity index (χ4v) is 2.97. The third-order valence-corrected chi connectivity index (χ3v) is 4.21. The van der Waals surface area contributed by atoms with Crippen molar-refractivity contribution in [2.24, 2.45) is 5.41 Å². The van der Waals surface area contributed by atoms with Crippen molar-refractivity contribution >= 4 is 5.91 Å². The number of hydrogen-bond acceptors (Lipinski definition) is 4. The molecule has 2 aliphatic heterocycles. The third-order valence-electron chi connectivity index (χ3n) is 4.21. The highest BCUT2D eigenvalue weighted by atomic mass is 16.5. The van der Waals surface area contributed by atoms with Gasteiger partial charge in [-0.1, -0.05) is 0 Å². The zero-order chi connectivity index (χ0) is 13.0. The van der Waals surface area contributed by atoms with Gasteiger partial charge in [-0.25, -0.2) is 0 Å². The van der Waals surface area contributed by atoms with E-state index in [0.29, 0.717) is 13.2 Å². The smallest absolute Gasteiger partial charge is 0.231 e. The van der Waals surface area contributed by atoms with E-state index in [4.69, 9.17) is 9.47 Å². The molecule has 1 atom stereocenters. The van der Waals surface area contributed by atoms with Crippen LogP contribution in [0.5, 0.6) is 0 Å². The van der Waals surface area contributed by atoms with Crippen LogP contribution in [0.3, 0.4) is 0 Å². The Morgan fingerprint density at radius 1 is 1.50 bits per heavy atom. The topological polar surface area (TPSA) is 50.8 Å². The quantitative estimate of drug-likeness (QED) is 0.783. The molecule has 2 fully saturated rings. The van der Waals surface area contributed by atoms with Crippen LogP contribution in [-0.2, 0) is 14.3 Å². The summed E-state index contributed by atoms with van der Waals surface area (Å²) in [5.74, 6) is 0.223. The molecule has 18 heavy (non-hydrogen) atoms. The third kappa shape index (κ3) is 2.68. The Labute approximate surface area is 109 Å². The number of amides is 1. The van der Waals surface area contributed by atoms with Crippen LogP contribution in [0.1, 0.15) is 19.3 Å². The Morgan fingerprint density at radius 2 is 2.22 bits per heavy atom. The number of carbonyl (C=O) groups is 1. The minimum absolute atomic E-state index is 0.223. The van der Waals surface area contributed by atoms with Crippen LogP contribution in [-0.4, -0.2) is 63.9 Å². The van der Waals surface area contributed by atoms with Gasteiger partial charge < -0.3 is 19.7 Å². The van der Waals surface area contributed by atoms with Gasteiger partial charge in [0.05, 0.1) is 24.7 Å². The predicted octanol–water partition coefficient (Wildman–Crippen LogP) is 0.250. The molecule has 5 nitrogen and oxygen atoms in total. The van der Waals surface area contributed by atoms with Crippen LogP contribution in [0.2, 0.25) is 0 Å². The van der Waals surface area contributed by atoms with Crippen molar-refractivity contribution in [1.82, 2.24) is 10.2 Å². The van der Waals surface area contributed by atoms with Gasteiger partial charge in [-0.15, -0.1) is 0 Å². The summed E-state index contributed by atoms with van der Waals surface area (Å²) in [6.45, 7) is 3.74. The van der Waals surface area contributed by atoms with Gasteiger partial charge in [0.1, 0.15) is 0 Å². The van der Waals surface area contributed by atoms with Crippen molar-refractivity contribution in [2.75, 3.05) is 47.1 Å². The lowest BCUT2D eigenvalue weighted by atomic mass is 9.78. The number of rotatable bonds is 4. The normalized spacial score (nSPS) is 27.1. The molecule has 0 spiro atoms. The Bertz CT molecular complexity index is 278. The van der Waals surface area contributed by atoms with Gasteiger partial charge in [0.2, 0.25) is 5.91 Å². The van der Waals surface area contributed by atoms with Crippen molar-refractivity contribution in [2.45, 2.75) is 25.3 Å². The molecule has 0 aromatic rings. The Hall–Kier alpha value is -0.650. The Kier molecular flexibility index (Phi) is 4.59. The lowest BCUT2D eigenvalue weighted by Gasteiger charge is -2.39. The van der Waals surface area contributed by atoms with Gasteiger partial charge in [-0.05, 0) is 32.4 Å². The average molecular weight is 256 g/mol. The molecule has 0 aromatic carbocycles. The van der Waals surface area contributed by atoms with E-state index in [1.54, 1.807) is 7.11 Å². The van der Waals surface area contributed by atoms with Gasteiger partial charge in [-0.3, -0.25) is 4.79 Å². The molecular formula is C13H24N2O3. The van der Waals surface area contributed by atoms with Crippen LogP contribution >= 0.6 is 0 Å². The average Bonchev–Trinajstić information content (AvgIpc) is 2.92. The highest BCUT2D eigenvalue weighted by Gasteiger charge is 2.43. The molecule has 5 heteroatoms. The number of likely N-dealkylation sites (N-methyl/N-ethyl adjacent to an activating group) is 1. The monoisotopic (exact) mass is 256 g/mol. The molecule has 1 unspecified atom stereocenters. The maximum atomic E-state index is 12.8. The van der Waals surface area contributed by atoms with Crippen LogP contribution in [0.15, 0.2) is 0 Å². The SMILES string of the molecule is COCC1(C(=O)N(C)C2CCOC2)CCNCC1. The Morgan fingerprint density at radius 3 is 2.78 bits per heavy atom. The molecule has 2 heterocycles. The first kappa shape index (κ1) is 13.8. The summed E-state index contributed by atoms with van der Waals surface area (Å²) >= 11 is 0. The minimum Gasteiger partial charge on any atom is -0.384 e. The maximum absolute atomic E-state index is 12.8. The minimum atomic E-state index is -0.336. The highest BCUT2D eigenvalue weighted by Crippen LogP contribution is 2.32. The molecule has 0 bridgehead atoms. The summed E-state index contributed by atoms with van der Waals surface area (Å²) in [5.41, 5.74) is -0.336. The van der Waals surface area contributed by atoms with E-state index in [0.717, 1.165) is 39.0 Å². The number of hydrogen-bond donors (Lipinski definition) is 1. The number of carbonyl (C=O) groups excluding carboxylic acids is 1. The number of nitrogens with zero attached hydrogens (tertiary/aromatic N) is 1. The van der Waals surface area contributed by atoms with Gasteiger partial charge in [-0.2, -0.15) is 0 Å². The summed E-state index contributed by atoms with van der Waals surface area (Å²) in [4.78, 5) is 14.6. The number of methoxy groups -OCH3 is 1. The van der Waals surface area contributed by atoms with Gasteiger partial charge in [0.25, 0.3) is 0 Å². The summed E-state index contributed by atoms with van der Waals surface area (Å²) in [6.07, 6.45) is 2.67. The molecule has 0 radical (unpaired) electrons. The fraction of sp³-hybridized carbons (Fsp3) is 0.923. The molecule has 2 rings (SSSR count). The van der Waals surface area contributed by atoms with E-state index in [2.05, 4.69) is 5.32 Å². The summed E-state index contributed by atoms with van der Waals surface area (Å²) in [6, 6.07) is 0.237. The van der Waals surface area contributed by atoms with Crippen molar-refractivity contribution in [3.8, 4) is 0 Å². The molecule has 2 saturated heterocycles. The summed E-state index contributed by atoms with van der Waals surface area (Å²) in [5, 5.41) is 3.31. The fourth-order valence-electron chi connectivity index (χ4n) is 2.97. The molecule has 0 aliphatic carbocycles. The zero-order valence-electron chi connectivity index (χ0n) is 11.4. The van der Waals surface area contributed by atoms with Crippen LogP contribution in [0.4, 0.5) is 0 Å². The van der Waals surface area contributed by atoms with Crippen molar-refractivity contribution < 1.29 is 14.3 Å². The lowest BCUT2D eigenvalue weighted by Crippen LogP contribution is -2.53. The number of ether oxygens (including phenoxy) is 2. The molecule has 1 N–H and O–H groups in total. The first-order valence-electron chi connectivity index (χ1n) is 6.74. The van der Waals surface area contributed by atoms with Crippen LogP contribution in [0, 0.1) is 5.41 Å². The number of nitrogens with one attached hydrogen (secondary N) is 1. The van der Waals surface area contributed by atoms with Crippen LogP contribution < -0.4 is 5.32 Å². The lowest BCUT2D eigenvalue weighted by molar-refractivity contribution is -0.148. The van der Waals surface area contributed by atoms with E-state index < -0.39 is 0 Å². The maximum Gasteiger partial charge on any atom is 0.231 e. The Balaban J connectivity index is 2.06. The first-order chi connectivity index (χ1) is 8.69. The van der Waals surface area contributed by atoms with E-state index in [1.807, 2.05) is 11.9 Å². The van der Waals surface area contributed by atoms with E-state index in [9.17, 15) is 4.79 Å². The second kappa shape index (κ2) is 5.99. The number of piperidine rings is 1. The van der Waals surface area contributed by atoms with Gasteiger partial charge >= 0.3 is 0 Å². The van der Waals surface area contributed by atoms with Crippen molar-refractivity contribution in [3.63, 3.8) is 0 Å². The molecule has 0 aromatic heterocycles. The van der Waals surface area contributed by atoms with E-state index in [-0.39, 0.29) is 17.4 Å². The van der Waals surface area contributed by atoms with E-state index >= 15 is 0 Å². The highest BCUT2D eigenvalue weighted by molar-refractivity contribution is 5.83. The van der Waals surface area contributed by atoms with Crippen molar-refractivity contribution in [1.29, 1.82) is 0 Å². The summed E-state index contributed by atoms with van der Waals surface area (Å²) < 4.78 is 10.7. The van der Waals surface area contributed by atoms with E-state index in [1.165, 1.54) is 0 Å². The van der Waals surface area contributed by atoms with Gasteiger partial charge in [0, 0.05) is 20.8 Å². The zero-order valence-corrected chi connectivity index (χ0v) is 11.4. The largest absolute Gasteiger partial charge is 0.384 e. The predicted molar refractivity (Wildman–Crippen MR) is 68.4 cm³/mol. The first-order valence-corrected chi connectivity index (χ1v) is 6.74. The molecule has 104 valence electrons. The second-order valence-electron chi connectivity index (χ2n) is 5.40. The molecular weight excluding hydrogens is 232 g/mol. The standard InChI is InChI=1S/C13H24N2O3/c1-15(11-3-8-18-9-11)12(16)13(10-17-2)4-6-14-7-5-13/h11,14H,3-10H2,1-2H3. The molecule has 0 saturated carbocycles. The second-order valence-corrected chi connectivity index (χ2v) is 5.40.